The summed E-state index contributed by atoms with van der Waals surface area (Å²) in [4.78, 5) is 19.5. The first-order valence-corrected chi connectivity index (χ1v) is 9.28. The SMILES string of the molecule is Cc1cccc(C)c1N=C1SCCCN1C(=O)c1ccccc1Cl. The molecule has 0 radical (unpaired) electrons. The summed E-state index contributed by atoms with van der Waals surface area (Å²) >= 11 is 7.83. The van der Waals surface area contributed by atoms with E-state index in [2.05, 4.69) is 0 Å². The largest absolute Gasteiger partial charge is 0.287 e. The Balaban J connectivity index is 1.99. The molecule has 1 aliphatic rings. The number of benzene rings is 2. The fourth-order valence-corrected chi connectivity index (χ4v) is 3.86. The van der Waals surface area contributed by atoms with Crippen LogP contribution in [0, 0.1) is 13.8 Å². The number of para-hydroxylation sites is 1. The lowest BCUT2D eigenvalue weighted by atomic mass is 10.1. The maximum absolute atomic E-state index is 12.9. The van der Waals surface area contributed by atoms with Crippen LogP contribution in [0.4, 0.5) is 5.69 Å². The molecule has 0 saturated carbocycles. The zero-order valence-corrected chi connectivity index (χ0v) is 15.3. The van der Waals surface area contributed by atoms with Gasteiger partial charge in [0.2, 0.25) is 0 Å². The second-order valence-electron chi connectivity index (χ2n) is 5.77. The molecule has 0 spiro atoms. The summed E-state index contributed by atoms with van der Waals surface area (Å²) in [5, 5.41) is 1.23. The number of aryl methyl sites for hydroxylation is 2. The lowest BCUT2D eigenvalue weighted by Gasteiger charge is -2.28. The van der Waals surface area contributed by atoms with Gasteiger partial charge in [-0.05, 0) is 43.5 Å². The van der Waals surface area contributed by atoms with Crippen LogP contribution < -0.4 is 0 Å². The van der Waals surface area contributed by atoms with Crippen molar-refractivity contribution in [1.29, 1.82) is 0 Å². The van der Waals surface area contributed by atoms with Gasteiger partial charge in [0.25, 0.3) is 5.91 Å². The van der Waals surface area contributed by atoms with Crippen molar-refractivity contribution in [2.24, 2.45) is 4.99 Å². The van der Waals surface area contributed by atoms with E-state index in [1.807, 2.05) is 44.2 Å². The number of hydrogen-bond donors (Lipinski definition) is 0. The molecule has 2 aromatic carbocycles. The molecular formula is C19H19ClN2OS. The van der Waals surface area contributed by atoms with Crippen LogP contribution in [0.25, 0.3) is 0 Å². The second-order valence-corrected chi connectivity index (χ2v) is 7.24. The number of amides is 1. The first kappa shape index (κ1) is 17.1. The monoisotopic (exact) mass is 358 g/mol. The van der Waals surface area contributed by atoms with E-state index in [9.17, 15) is 4.79 Å². The number of aliphatic imine (C=N–C) groups is 1. The minimum atomic E-state index is -0.0854. The second kappa shape index (κ2) is 7.41. The Labute approximate surface area is 151 Å². The minimum absolute atomic E-state index is 0.0854. The highest BCUT2D eigenvalue weighted by Gasteiger charge is 2.26. The molecule has 2 aromatic rings. The first-order chi connectivity index (χ1) is 11.6. The van der Waals surface area contributed by atoms with Crippen LogP contribution in [-0.2, 0) is 0 Å². The highest BCUT2D eigenvalue weighted by molar-refractivity contribution is 8.13. The number of hydrogen-bond acceptors (Lipinski definition) is 3. The molecule has 1 fully saturated rings. The Bertz CT molecular complexity index is 783. The maximum atomic E-state index is 12.9. The summed E-state index contributed by atoms with van der Waals surface area (Å²) in [5.74, 6) is 0.883. The molecule has 0 aliphatic carbocycles. The van der Waals surface area contributed by atoms with Gasteiger partial charge in [0.05, 0.1) is 16.3 Å². The zero-order valence-electron chi connectivity index (χ0n) is 13.8. The van der Waals surface area contributed by atoms with Crippen LogP contribution in [0.5, 0.6) is 0 Å². The molecule has 0 N–H and O–H groups in total. The van der Waals surface area contributed by atoms with Gasteiger partial charge >= 0.3 is 0 Å². The van der Waals surface area contributed by atoms with Gasteiger partial charge < -0.3 is 0 Å². The number of rotatable bonds is 2. The Morgan fingerprint density at radius 1 is 1.12 bits per heavy atom. The van der Waals surface area contributed by atoms with Crippen LogP contribution in [0.3, 0.4) is 0 Å². The lowest BCUT2D eigenvalue weighted by Crippen LogP contribution is -2.39. The van der Waals surface area contributed by atoms with Gasteiger partial charge in [0.1, 0.15) is 0 Å². The Hall–Kier alpha value is -1.78. The Kier molecular flexibility index (Phi) is 5.27. The van der Waals surface area contributed by atoms with E-state index in [0.717, 1.165) is 34.2 Å². The van der Waals surface area contributed by atoms with Crippen molar-refractivity contribution in [3.8, 4) is 0 Å². The molecule has 1 amide bonds. The molecule has 0 aromatic heterocycles. The van der Waals surface area contributed by atoms with E-state index in [4.69, 9.17) is 16.6 Å². The van der Waals surface area contributed by atoms with E-state index in [0.29, 0.717) is 17.1 Å². The van der Waals surface area contributed by atoms with Crippen molar-refractivity contribution in [1.82, 2.24) is 4.90 Å². The third kappa shape index (κ3) is 3.50. The van der Waals surface area contributed by atoms with Crippen LogP contribution >= 0.6 is 23.4 Å². The summed E-state index contributed by atoms with van der Waals surface area (Å²) in [5.41, 5.74) is 3.69. The van der Waals surface area contributed by atoms with Crippen molar-refractivity contribution in [2.75, 3.05) is 12.3 Å². The molecule has 1 aliphatic heterocycles. The molecule has 1 saturated heterocycles. The van der Waals surface area contributed by atoms with Crippen molar-refractivity contribution in [3.05, 3.63) is 64.2 Å². The predicted molar refractivity (Wildman–Crippen MR) is 103 cm³/mol. The van der Waals surface area contributed by atoms with Crippen LogP contribution in [0.15, 0.2) is 47.5 Å². The number of thioether (sulfide) groups is 1. The van der Waals surface area contributed by atoms with Crippen molar-refractivity contribution in [3.63, 3.8) is 0 Å². The molecule has 1 heterocycles. The quantitative estimate of drug-likeness (QED) is 0.736. The van der Waals surface area contributed by atoms with Gasteiger partial charge in [-0.15, -0.1) is 0 Å². The first-order valence-electron chi connectivity index (χ1n) is 7.92. The van der Waals surface area contributed by atoms with Crippen molar-refractivity contribution < 1.29 is 4.79 Å². The van der Waals surface area contributed by atoms with Gasteiger partial charge in [-0.2, -0.15) is 0 Å². The molecule has 5 heteroatoms. The highest BCUT2D eigenvalue weighted by atomic mass is 35.5. The van der Waals surface area contributed by atoms with Crippen LogP contribution in [0.2, 0.25) is 5.02 Å². The van der Waals surface area contributed by atoms with E-state index in [1.54, 1.807) is 28.8 Å². The number of halogens is 1. The van der Waals surface area contributed by atoms with E-state index >= 15 is 0 Å². The predicted octanol–water partition coefficient (Wildman–Crippen LogP) is 5.22. The fourth-order valence-electron chi connectivity index (χ4n) is 2.70. The van der Waals surface area contributed by atoms with Crippen LogP contribution in [0.1, 0.15) is 27.9 Å². The molecule has 3 nitrogen and oxygen atoms in total. The van der Waals surface area contributed by atoms with Gasteiger partial charge in [-0.25, -0.2) is 4.99 Å². The molecule has 0 atom stereocenters. The summed E-state index contributed by atoms with van der Waals surface area (Å²) in [6, 6.07) is 13.3. The number of carbonyl (C=O) groups excluding carboxylic acids is 1. The van der Waals surface area contributed by atoms with Gasteiger partial charge in [-0.1, -0.05) is 53.7 Å². The van der Waals surface area contributed by atoms with E-state index < -0.39 is 0 Å². The smallest absolute Gasteiger partial charge is 0.261 e. The average molecular weight is 359 g/mol. The summed E-state index contributed by atoms with van der Waals surface area (Å²) in [6.07, 6.45) is 0.951. The summed E-state index contributed by atoms with van der Waals surface area (Å²) in [7, 11) is 0. The standard InChI is InChI=1S/C19H19ClN2OS/c1-13-7-5-8-14(2)17(13)21-19-22(11-6-12-24-19)18(23)15-9-3-4-10-16(15)20/h3-5,7-10H,6,11-12H2,1-2H3. The van der Waals surface area contributed by atoms with Crippen molar-refractivity contribution in [2.45, 2.75) is 20.3 Å². The minimum Gasteiger partial charge on any atom is -0.287 e. The Morgan fingerprint density at radius 3 is 2.54 bits per heavy atom. The normalized spacial score (nSPS) is 16.5. The molecular weight excluding hydrogens is 340 g/mol. The molecule has 124 valence electrons. The van der Waals surface area contributed by atoms with Gasteiger partial charge in [0, 0.05) is 12.3 Å². The third-order valence-corrected chi connectivity index (χ3v) is 5.38. The number of carbonyl (C=O) groups is 1. The third-order valence-electron chi connectivity index (χ3n) is 3.98. The summed E-state index contributed by atoms with van der Waals surface area (Å²) < 4.78 is 0. The fraction of sp³-hybridized carbons (Fsp3) is 0.263. The molecule has 0 unspecified atom stereocenters. The average Bonchev–Trinajstić information content (AvgIpc) is 2.58. The Morgan fingerprint density at radius 2 is 1.83 bits per heavy atom. The number of nitrogens with zero attached hydrogens (tertiary/aromatic N) is 2. The molecule has 0 bridgehead atoms. The van der Waals surface area contributed by atoms with Crippen LogP contribution in [-0.4, -0.2) is 28.3 Å². The van der Waals surface area contributed by atoms with Crippen molar-refractivity contribution >= 4 is 40.1 Å². The topological polar surface area (TPSA) is 32.7 Å². The zero-order chi connectivity index (χ0) is 17.1. The van der Waals surface area contributed by atoms with E-state index in [-0.39, 0.29) is 5.91 Å². The number of amidine groups is 1. The molecule has 3 rings (SSSR count). The van der Waals surface area contributed by atoms with Gasteiger partial charge in [0.15, 0.2) is 5.17 Å². The molecule has 24 heavy (non-hydrogen) atoms. The highest BCUT2D eigenvalue weighted by Crippen LogP contribution is 2.29. The van der Waals surface area contributed by atoms with Gasteiger partial charge in [-0.3, -0.25) is 9.69 Å². The summed E-state index contributed by atoms with van der Waals surface area (Å²) in [6.45, 7) is 4.75. The van der Waals surface area contributed by atoms with E-state index in [1.165, 1.54) is 0 Å². The lowest BCUT2D eigenvalue weighted by molar-refractivity contribution is 0.0849. The maximum Gasteiger partial charge on any atom is 0.261 e.